The van der Waals surface area contributed by atoms with Gasteiger partial charge in [-0.15, -0.1) is 0 Å². The Morgan fingerprint density at radius 2 is 1.60 bits per heavy atom. The van der Waals surface area contributed by atoms with Crippen LogP contribution < -0.4 is 0 Å². The van der Waals surface area contributed by atoms with Gasteiger partial charge in [0.15, 0.2) is 0 Å². The number of aliphatic carboxylic acids is 1. The molecule has 108 valence electrons. The first-order chi connectivity index (χ1) is 9.47. The van der Waals surface area contributed by atoms with Crippen molar-refractivity contribution in [2.75, 3.05) is 6.61 Å². The molecule has 0 aliphatic heterocycles. The lowest BCUT2D eigenvalue weighted by molar-refractivity contribution is -0.141. The molecule has 5 nitrogen and oxygen atoms in total. The van der Waals surface area contributed by atoms with Crippen molar-refractivity contribution in [1.82, 2.24) is 0 Å². The van der Waals surface area contributed by atoms with Crippen molar-refractivity contribution >= 4 is 17.7 Å². The molecule has 0 spiro atoms. The van der Waals surface area contributed by atoms with E-state index in [2.05, 4.69) is 0 Å². The minimum atomic E-state index is -0.876. The Morgan fingerprint density at radius 3 is 2.10 bits per heavy atom. The van der Waals surface area contributed by atoms with Crippen LogP contribution >= 0.6 is 0 Å². The Hall–Kier alpha value is -2.17. The van der Waals surface area contributed by atoms with Gasteiger partial charge in [-0.25, -0.2) is 0 Å². The Balaban J connectivity index is 2.34. The van der Waals surface area contributed by atoms with Crippen molar-refractivity contribution in [1.29, 1.82) is 0 Å². The van der Waals surface area contributed by atoms with E-state index >= 15 is 0 Å². The first-order valence-corrected chi connectivity index (χ1v) is 6.42. The molecule has 0 unspecified atom stereocenters. The fourth-order valence-corrected chi connectivity index (χ4v) is 1.75. The number of carbonyl (C=O) groups excluding carboxylic acids is 2. The van der Waals surface area contributed by atoms with Gasteiger partial charge in [-0.1, -0.05) is 24.3 Å². The number of carboxylic acids is 1. The molecule has 0 bridgehead atoms. The number of ketones is 1. The smallest absolute Gasteiger partial charge is 0.307 e. The predicted molar refractivity (Wildman–Crippen MR) is 72.4 cm³/mol. The summed E-state index contributed by atoms with van der Waals surface area (Å²) in [5, 5.41) is 8.65. The molecule has 0 aliphatic rings. The SMILES string of the molecule is CC(=O)OCCCC(=O)Cc1ccc(CC(=O)O)cc1. The molecule has 1 N–H and O–H groups in total. The summed E-state index contributed by atoms with van der Waals surface area (Å²) in [5.74, 6) is -1.14. The lowest BCUT2D eigenvalue weighted by atomic mass is 10.0. The molecular formula is C15H18O5. The average molecular weight is 278 g/mol. The van der Waals surface area contributed by atoms with Crippen molar-refractivity contribution < 1.29 is 24.2 Å². The highest BCUT2D eigenvalue weighted by Crippen LogP contribution is 2.08. The van der Waals surface area contributed by atoms with Crippen LogP contribution in [0.5, 0.6) is 0 Å². The summed E-state index contributed by atoms with van der Waals surface area (Å²) in [5.41, 5.74) is 1.57. The van der Waals surface area contributed by atoms with E-state index in [9.17, 15) is 14.4 Å². The van der Waals surface area contributed by atoms with E-state index in [0.29, 0.717) is 24.8 Å². The second kappa shape index (κ2) is 8.09. The summed E-state index contributed by atoms with van der Waals surface area (Å²) in [6.07, 6.45) is 1.18. The Kier molecular flexibility index (Phi) is 6.43. The number of ether oxygens (including phenoxy) is 1. The maximum absolute atomic E-state index is 11.7. The number of benzene rings is 1. The van der Waals surface area contributed by atoms with E-state index in [1.54, 1.807) is 24.3 Å². The number of hydrogen-bond donors (Lipinski definition) is 1. The fraction of sp³-hybridized carbons (Fsp3) is 0.400. The Bertz CT molecular complexity index is 476. The molecule has 1 aromatic carbocycles. The summed E-state index contributed by atoms with van der Waals surface area (Å²) in [6, 6.07) is 6.97. The largest absolute Gasteiger partial charge is 0.481 e. The van der Waals surface area contributed by atoms with Crippen molar-refractivity contribution in [2.24, 2.45) is 0 Å². The third-order valence-electron chi connectivity index (χ3n) is 2.68. The Morgan fingerprint density at radius 1 is 1.05 bits per heavy atom. The highest BCUT2D eigenvalue weighted by molar-refractivity contribution is 5.80. The molecule has 0 heterocycles. The molecule has 0 saturated carbocycles. The molecule has 0 fully saturated rings. The van der Waals surface area contributed by atoms with Crippen LogP contribution in [0.4, 0.5) is 0 Å². The minimum absolute atomic E-state index is 0.0173. The molecule has 0 radical (unpaired) electrons. The van der Waals surface area contributed by atoms with Crippen molar-refractivity contribution in [3.05, 3.63) is 35.4 Å². The van der Waals surface area contributed by atoms with Crippen molar-refractivity contribution in [3.63, 3.8) is 0 Å². The summed E-state index contributed by atoms with van der Waals surface area (Å²) >= 11 is 0. The molecule has 20 heavy (non-hydrogen) atoms. The molecule has 1 aromatic rings. The van der Waals surface area contributed by atoms with E-state index in [0.717, 1.165) is 5.56 Å². The van der Waals surface area contributed by atoms with Gasteiger partial charge < -0.3 is 9.84 Å². The van der Waals surface area contributed by atoms with Crippen LogP contribution in [0.3, 0.4) is 0 Å². The number of rotatable bonds is 8. The second-order valence-corrected chi connectivity index (χ2v) is 4.55. The minimum Gasteiger partial charge on any atom is -0.481 e. The van der Waals surface area contributed by atoms with Crippen LogP contribution in [0.2, 0.25) is 0 Å². The molecule has 0 amide bonds. The quantitative estimate of drug-likeness (QED) is 0.579. The lowest BCUT2D eigenvalue weighted by Crippen LogP contribution is -2.07. The van der Waals surface area contributed by atoms with Gasteiger partial charge in [0, 0.05) is 19.8 Å². The van der Waals surface area contributed by atoms with Crippen LogP contribution in [0, 0.1) is 0 Å². The van der Waals surface area contributed by atoms with Crippen LogP contribution in [0.15, 0.2) is 24.3 Å². The number of hydrogen-bond acceptors (Lipinski definition) is 4. The summed E-state index contributed by atoms with van der Waals surface area (Å²) in [4.78, 5) is 32.8. The monoisotopic (exact) mass is 278 g/mol. The third kappa shape index (κ3) is 6.68. The summed E-state index contributed by atoms with van der Waals surface area (Å²) in [7, 11) is 0. The second-order valence-electron chi connectivity index (χ2n) is 4.55. The van der Waals surface area contributed by atoms with Gasteiger partial charge in [-0.2, -0.15) is 0 Å². The molecular weight excluding hydrogens is 260 g/mol. The van der Waals surface area contributed by atoms with E-state index in [1.165, 1.54) is 6.92 Å². The van der Waals surface area contributed by atoms with E-state index in [1.807, 2.05) is 0 Å². The standard InChI is InChI=1S/C15H18O5/c1-11(16)20-8-2-3-14(17)9-12-4-6-13(7-5-12)10-15(18)19/h4-7H,2-3,8-10H2,1H3,(H,18,19). The zero-order chi connectivity index (χ0) is 15.0. The predicted octanol–water partition coefficient (Wildman–Crippen LogP) is 1.77. The first-order valence-electron chi connectivity index (χ1n) is 6.42. The van der Waals surface area contributed by atoms with Gasteiger partial charge in [0.25, 0.3) is 0 Å². The van der Waals surface area contributed by atoms with E-state index in [-0.39, 0.29) is 24.8 Å². The van der Waals surface area contributed by atoms with Gasteiger partial charge >= 0.3 is 11.9 Å². The van der Waals surface area contributed by atoms with Crippen LogP contribution in [-0.4, -0.2) is 29.4 Å². The third-order valence-corrected chi connectivity index (χ3v) is 2.68. The highest BCUT2D eigenvalue weighted by atomic mass is 16.5. The van der Waals surface area contributed by atoms with Gasteiger partial charge in [0.1, 0.15) is 5.78 Å². The highest BCUT2D eigenvalue weighted by Gasteiger charge is 2.05. The number of esters is 1. The maximum Gasteiger partial charge on any atom is 0.307 e. The van der Waals surface area contributed by atoms with Crippen LogP contribution in [0.1, 0.15) is 30.9 Å². The van der Waals surface area contributed by atoms with Gasteiger partial charge in [-0.05, 0) is 17.5 Å². The van der Waals surface area contributed by atoms with Crippen LogP contribution in [0.25, 0.3) is 0 Å². The van der Waals surface area contributed by atoms with Gasteiger partial charge in [-0.3, -0.25) is 14.4 Å². The molecule has 0 aromatic heterocycles. The Labute approximate surface area is 117 Å². The molecule has 0 saturated heterocycles. The summed E-state index contributed by atoms with van der Waals surface area (Å²) in [6.45, 7) is 1.60. The number of carbonyl (C=O) groups is 3. The zero-order valence-electron chi connectivity index (χ0n) is 11.4. The molecule has 5 heteroatoms. The normalized spacial score (nSPS) is 10.1. The molecule has 0 atom stereocenters. The zero-order valence-corrected chi connectivity index (χ0v) is 11.4. The summed E-state index contributed by atoms with van der Waals surface area (Å²) < 4.78 is 4.75. The van der Waals surface area contributed by atoms with E-state index < -0.39 is 5.97 Å². The topological polar surface area (TPSA) is 80.7 Å². The molecule has 1 rings (SSSR count). The average Bonchev–Trinajstić information content (AvgIpc) is 2.36. The lowest BCUT2D eigenvalue weighted by Gasteiger charge is -2.03. The van der Waals surface area contributed by atoms with E-state index in [4.69, 9.17) is 9.84 Å². The number of carboxylic acid groups (broad SMARTS) is 1. The molecule has 0 aliphatic carbocycles. The maximum atomic E-state index is 11.7. The van der Waals surface area contributed by atoms with Gasteiger partial charge in [0.05, 0.1) is 13.0 Å². The van der Waals surface area contributed by atoms with Gasteiger partial charge in [0.2, 0.25) is 0 Å². The van der Waals surface area contributed by atoms with Crippen molar-refractivity contribution in [3.8, 4) is 0 Å². The van der Waals surface area contributed by atoms with Crippen LogP contribution in [-0.2, 0) is 32.0 Å². The van der Waals surface area contributed by atoms with Crippen molar-refractivity contribution in [2.45, 2.75) is 32.6 Å². The number of Topliss-reactive ketones (excluding diaryl/α,β-unsaturated/α-hetero) is 1. The first kappa shape index (κ1) is 15.9. The fourth-order valence-electron chi connectivity index (χ4n) is 1.75.